The minimum absolute atomic E-state index is 0.0796. The van der Waals surface area contributed by atoms with Gasteiger partial charge in [-0.2, -0.15) is 0 Å². The molecular weight excluding hydrogens is 426 g/mol. The number of carbonyl (C=O) groups is 1. The van der Waals surface area contributed by atoms with Gasteiger partial charge in [0.15, 0.2) is 5.43 Å². The third kappa shape index (κ3) is 3.93. The predicted molar refractivity (Wildman–Crippen MR) is 127 cm³/mol. The monoisotopic (exact) mass is 451 g/mol. The van der Waals surface area contributed by atoms with Gasteiger partial charge < -0.3 is 14.1 Å². The quantitative estimate of drug-likeness (QED) is 0.308. The zero-order valence-electron chi connectivity index (χ0n) is 18.3. The molecular formula is C26H26ClNO4. The number of amides is 1. The van der Waals surface area contributed by atoms with Gasteiger partial charge in [-0.25, -0.2) is 0 Å². The zero-order chi connectivity index (χ0) is 22.8. The van der Waals surface area contributed by atoms with E-state index in [2.05, 4.69) is 13.5 Å². The normalized spacial score (nSPS) is 15.3. The van der Waals surface area contributed by atoms with Crippen LogP contribution in [-0.2, 0) is 0 Å². The fourth-order valence-corrected chi connectivity index (χ4v) is 4.27. The van der Waals surface area contributed by atoms with Gasteiger partial charge in [0.2, 0.25) is 5.76 Å². The number of ether oxygens (including phenoxy) is 1. The summed E-state index contributed by atoms with van der Waals surface area (Å²) >= 11 is 6.26. The Morgan fingerprint density at radius 1 is 1.19 bits per heavy atom. The van der Waals surface area contributed by atoms with Crippen molar-refractivity contribution in [2.45, 2.75) is 39.2 Å². The highest BCUT2D eigenvalue weighted by molar-refractivity contribution is 6.32. The first-order valence-electron chi connectivity index (χ1n) is 10.9. The van der Waals surface area contributed by atoms with Crippen LogP contribution >= 0.6 is 11.6 Å². The zero-order valence-corrected chi connectivity index (χ0v) is 19.1. The molecule has 0 bridgehead atoms. The van der Waals surface area contributed by atoms with E-state index in [0.29, 0.717) is 34.7 Å². The Labute approximate surface area is 192 Å². The first-order chi connectivity index (χ1) is 15.5. The van der Waals surface area contributed by atoms with Crippen LogP contribution in [0.15, 0.2) is 58.3 Å². The Bertz CT molecular complexity index is 1230. The molecule has 0 radical (unpaired) electrons. The number of nitrogens with zero attached hydrogens (tertiary/aromatic N) is 1. The van der Waals surface area contributed by atoms with Crippen molar-refractivity contribution in [3.63, 3.8) is 0 Å². The first kappa shape index (κ1) is 22.2. The molecule has 166 valence electrons. The van der Waals surface area contributed by atoms with Crippen molar-refractivity contribution in [3.8, 4) is 5.75 Å². The van der Waals surface area contributed by atoms with Gasteiger partial charge in [-0.15, -0.1) is 6.58 Å². The van der Waals surface area contributed by atoms with Crippen LogP contribution in [0.2, 0.25) is 5.02 Å². The lowest BCUT2D eigenvalue weighted by Crippen LogP contribution is -2.29. The number of aryl methyl sites for hydroxylation is 1. The second-order valence-electron chi connectivity index (χ2n) is 8.04. The molecule has 1 amide bonds. The molecule has 1 aliphatic rings. The second kappa shape index (κ2) is 9.21. The van der Waals surface area contributed by atoms with Crippen molar-refractivity contribution >= 4 is 28.5 Å². The molecule has 0 saturated carbocycles. The average molecular weight is 452 g/mol. The molecule has 0 saturated heterocycles. The van der Waals surface area contributed by atoms with Gasteiger partial charge >= 0.3 is 0 Å². The minimum Gasteiger partial charge on any atom is -0.494 e. The van der Waals surface area contributed by atoms with Crippen LogP contribution in [0.5, 0.6) is 5.75 Å². The van der Waals surface area contributed by atoms with Crippen molar-refractivity contribution in [3.05, 3.63) is 86.7 Å². The molecule has 1 aromatic heterocycles. The Kier molecular flexibility index (Phi) is 6.38. The number of unbranched alkanes of at least 4 members (excludes halogenated alkanes) is 2. The van der Waals surface area contributed by atoms with Gasteiger partial charge in [0.1, 0.15) is 11.3 Å². The number of carbonyl (C=O) groups excluding carboxylic acids is 1. The molecule has 0 N–H and O–H groups in total. The molecule has 0 spiro atoms. The van der Waals surface area contributed by atoms with Crippen LogP contribution in [0.4, 0.5) is 0 Å². The first-order valence-corrected chi connectivity index (χ1v) is 11.3. The van der Waals surface area contributed by atoms with Crippen molar-refractivity contribution in [2.75, 3.05) is 13.2 Å². The molecule has 3 aromatic rings. The molecule has 0 fully saturated rings. The van der Waals surface area contributed by atoms with E-state index in [9.17, 15) is 9.59 Å². The summed E-state index contributed by atoms with van der Waals surface area (Å²) < 4.78 is 11.8. The molecule has 1 atom stereocenters. The number of benzene rings is 2. The summed E-state index contributed by atoms with van der Waals surface area (Å²) in [7, 11) is 0. The minimum atomic E-state index is -0.564. The highest BCUT2D eigenvalue weighted by Crippen LogP contribution is 2.39. The molecule has 1 unspecified atom stereocenters. The van der Waals surface area contributed by atoms with Crippen LogP contribution < -0.4 is 10.2 Å². The third-order valence-corrected chi connectivity index (χ3v) is 6.19. The number of halogens is 1. The summed E-state index contributed by atoms with van der Waals surface area (Å²) in [5, 5.41) is 0.853. The van der Waals surface area contributed by atoms with E-state index >= 15 is 0 Å². The summed E-state index contributed by atoms with van der Waals surface area (Å²) in [6, 6.07) is 10.3. The lowest BCUT2D eigenvalue weighted by atomic mass is 9.98. The van der Waals surface area contributed by atoms with E-state index in [4.69, 9.17) is 20.8 Å². The van der Waals surface area contributed by atoms with E-state index in [1.54, 1.807) is 23.1 Å². The van der Waals surface area contributed by atoms with Crippen molar-refractivity contribution < 1.29 is 13.9 Å². The SMILES string of the molecule is C=CCN1C(=O)c2oc3cc(C)c(Cl)cc3c(=O)c2C1c1ccc(OCCCCC)cc1. The van der Waals surface area contributed by atoms with Crippen LogP contribution in [0, 0.1) is 6.92 Å². The van der Waals surface area contributed by atoms with Gasteiger partial charge in [0.25, 0.3) is 5.91 Å². The van der Waals surface area contributed by atoms with Crippen molar-refractivity contribution in [2.24, 2.45) is 0 Å². The van der Waals surface area contributed by atoms with E-state index in [1.807, 2.05) is 31.2 Å². The standard InChI is InChI=1S/C26H26ClNO4/c1-4-6-7-13-31-18-10-8-17(9-11-18)23-22-24(29)19-15-20(27)16(3)14-21(19)32-25(22)26(30)28(23)12-5-2/h5,8-11,14-15,23H,2,4,6-7,12-13H2,1,3H3. The maximum absolute atomic E-state index is 13.5. The van der Waals surface area contributed by atoms with E-state index in [-0.39, 0.29) is 17.1 Å². The van der Waals surface area contributed by atoms with Gasteiger partial charge in [0, 0.05) is 11.6 Å². The maximum Gasteiger partial charge on any atom is 0.291 e. The summed E-state index contributed by atoms with van der Waals surface area (Å²) in [5.41, 5.74) is 2.04. The lowest BCUT2D eigenvalue weighted by Gasteiger charge is -2.24. The predicted octanol–water partition coefficient (Wildman–Crippen LogP) is 6.06. The Morgan fingerprint density at radius 2 is 1.94 bits per heavy atom. The van der Waals surface area contributed by atoms with Gasteiger partial charge in [-0.3, -0.25) is 9.59 Å². The van der Waals surface area contributed by atoms with Crippen molar-refractivity contribution in [1.29, 1.82) is 0 Å². The summed E-state index contributed by atoms with van der Waals surface area (Å²) in [6.45, 7) is 8.71. The highest BCUT2D eigenvalue weighted by Gasteiger charge is 2.42. The van der Waals surface area contributed by atoms with E-state index in [0.717, 1.165) is 36.1 Å². The Hall–Kier alpha value is -3.05. The number of hydrogen-bond acceptors (Lipinski definition) is 4. The number of hydrogen-bond donors (Lipinski definition) is 0. The fraction of sp³-hybridized carbons (Fsp3) is 0.308. The van der Waals surface area contributed by atoms with Gasteiger partial charge in [-0.05, 0) is 48.7 Å². The van der Waals surface area contributed by atoms with Crippen LogP contribution in [0.25, 0.3) is 11.0 Å². The van der Waals surface area contributed by atoms with E-state index < -0.39 is 6.04 Å². The topological polar surface area (TPSA) is 59.8 Å². The number of rotatable bonds is 8. The average Bonchev–Trinajstić information content (AvgIpc) is 3.06. The summed E-state index contributed by atoms with van der Waals surface area (Å²) in [6.07, 6.45) is 4.92. The molecule has 2 aromatic carbocycles. The van der Waals surface area contributed by atoms with Crippen molar-refractivity contribution in [1.82, 2.24) is 4.90 Å². The maximum atomic E-state index is 13.5. The smallest absolute Gasteiger partial charge is 0.291 e. The fourth-order valence-electron chi connectivity index (χ4n) is 4.10. The van der Waals surface area contributed by atoms with Gasteiger partial charge in [-0.1, -0.05) is 49.6 Å². The second-order valence-corrected chi connectivity index (χ2v) is 8.45. The number of fused-ring (bicyclic) bond motifs is 2. The Balaban J connectivity index is 1.77. The molecule has 2 heterocycles. The summed E-state index contributed by atoms with van der Waals surface area (Å²) in [4.78, 5) is 28.3. The lowest BCUT2D eigenvalue weighted by molar-refractivity contribution is 0.0748. The third-order valence-electron chi connectivity index (χ3n) is 5.79. The molecule has 32 heavy (non-hydrogen) atoms. The Morgan fingerprint density at radius 3 is 2.62 bits per heavy atom. The molecule has 1 aliphatic heterocycles. The molecule has 4 rings (SSSR count). The molecule has 5 nitrogen and oxygen atoms in total. The van der Waals surface area contributed by atoms with Crippen LogP contribution in [-0.4, -0.2) is 24.0 Å². The van der Waals surface area contributed by atoms with Crippen LogP contribution in [0.3, 0.4) is 0 Å². The molecule has 6 heteroatoms. The highest BCUT2D eigenvalue weighted by atomic mass is 35.5. The van der Waals surface area contributed by atoms with E-state index in [1.165, 1.54) is 0 Å². The summed E-state index contributed by atoms with van der Waals surface area (Å²) in [5.74, 6) is 0.518. The van der Waals surface area contributed by atoms with Crippen LogP contribution in [0.1, 0.15) is 59.5 Å². The molecule has 0 aliphatic carbocycles. The van der Waals surface area contributed by atoms with Gasteiger partial charge in [0.05, 0.1) is 23.6 Å². The largest absolute Gasteiger partial charge is 0.494 e.